The summed E-state index contributed by atoms with van der Waals surface area (Å²) in [7, 11) is -1.86. The molecule has 0 radical (unpaired) electrons. The van der Waals surface area contributed by atoms with Crippen molar-refractivity contribution in [1.82, 2.24) is 10.2 Å². The van der Waals surface area contributed by atoms with Gasteiger partial charge in [0.2, 0.25) is 5.91 Å². The van der Waals surface area contributed by atoms with E-state index in [0.29, 0.717) is 25.9 Å². The second kappa shape index (κ2) is 6.48. The Morgan fingerprint density at radius 3 is 2.32 bits per heavy atom. The molecule has 6 nitrogen and oxygen atoms in total. The van der Waals surface area contributed by atoms with Crippen molar-refractivity contribution in [3.05, 3.63) is 29.8 Å². The molecule has 0 aliphatic carbocycles. The number of carbonyl (C=O) groups excluding carboxylic acids is 2. The Morgan fingerprint density at radius 1 is 1.18 bits per heavy atom. The fraction of sp³-hybridized carbons (Fsp3) is 0.467. The maximum atomic E-state index is 12.6. The largest absolute Gasteiger partial charge is 0.359 e. The second-order valence-electron chi connectivity index (χ2n) is 5.45. The molecule has 1 fully saturated rings. The van der Waals surface area contributed by atoms with E-state index in [1.807, 2.05) is 0 Å². The highest BCUT2D eigenvalue weighted by atomic mass is 32.2. The minimum atomic E-state index is -3.46. The summed E-state index contributed by atoms with van der Waals surface area (Å²) >= 11 is 0. The fourth-order valence-corrected chi connectivity index (χ4v) is 3.57. The molecule has 0 aromatic heterocycles. The molecule has 7 heteroatoms. The highest BCUT2D eigenvalue weighted by Gasteiger charge is 2.29. The van der Waals surface area contributed by atoms with Crippen LogP contribution >= 0.6 is 0 Å². The zero-order chi connectivity index (χ0) is 16.3. The summed E-state index contributed by atoms with van der Waals surface area (Å²) in [5.41, 5.74) is 0.198. The van der Waals surface area contributed by atoms with Crippen molar-refractivity contribution in [2.24, 2.45) is 5.92 Å². The molecular formula is C15H20N2O4S. The number of carbonyl (C=O) groups is 2. The Labute approximate surface area is 130 Å². The van der Waals surface area contributed by atoms with E-state index in [4.69, 9.17) is 0 Å². The fourth-order valence-electron chi connectivity index (χ4n) is 2.69. The monoisotopic (exact) mass is 324 g/mol. The van der Waals surface area contributed by atoms with Crippen LogP contribution in [-0.2, 0) is 14.6 Å². The van der Waals surface area contributed by atoms with Crippen LogP contribution in [0.25, 0.3) is 0 Å². The van der Waals surface area contributed by atoms with E-state index in [9.17, 15) is 18.0 Å². The van der Waals surface area contributed by atoms with Gasteiger partial charge >= 0.3 is 0 Å². The van der Waals surface area contributed by atoms with Crippen molar-refractivity contribution >= 4 is 21.7 Å². The average molecular weight is 324 g/mol. The Bertz CT molecular complexity index is 677. The maximum Gasteiger partial charge on any atom is 0.255 e. The molecule has 0 bridgehead atoms. The van der Waals surface area contributed by atoms with Gasteiger partial charge in [-0.25, -0.2) is 8.42 Å². The van der Waals surface area contributed by atoms with Crippen LogP contribution in [-0.4, -0.2) is 51.5 Å². The zero-order valence-corrected chi connectivity index (χ0v) is 13.5. The van der Waals surface area contributed by atoms with Crippen molar-refractivity contribution < 1.29 is 18.0 Å². The standard InChI is InChI=1S/C15H20N2O4S/c1-16-14(18)11-7-9-17(10-8-11)15(19)12-5-3-4-6-13(12)22(2,20)21/h3-6,11H,7-10H2,1-2H3,(H,16,18). The number of piperidine rings is 1. The topological polar surface area (TPSA) is 83.6 Å². The van der Waals surface area contributed by atoms with Crippen molar-refractivity contribution in [3.63, 3.8) is 0 Å². The molecule has 0 atom stereocenters. The molecule has 2 rings (SSSR count). The van der Waals surface area contributed by atoms with E-state index < -0.39 is 9.84 Å². The van der Waals surface area contributed by atoms with Gasteiger partial charge in [-0.05, 0) is 25.0 Å². The van der Waals surface area contributed by atoms with Gasteiger partial charge in [0.25, 0.3) is 5.91 Å². The van der Waals surface area contributed by atoms with Gasteiger partial charge in [0.1, 0.15) is 0 Å². The third-order valence-corrected chi connectivity index (χ3v) is 5.07. The van der Waals surface area contributed by atoms with Crippen molar-refractivity contribution in [3.8, 4) is 0 Å². The van der Waals surface area contributed by atoms with Gasteiger partial charge in [-0.2, -0.15) is 0 Å². The molecule has 120 valence electrons. The number of hydrogen-bond donors (Lipinski definition) is 1. The summed E-state index contributed by atoms with van der Waals surface area (Å²) in [6, 6.07) is 6.23. The lowest BCUT2D eigenvalue weighted by atomic mass is 9.95. The SMILES string of the molecule is CNC(=O)C1CCN(C(=O)c2ccccc2S(C)(=O)=O)CC1. The molecule has 1 aliphatic heterocycles. The van der Waals surface area contributed by atoms with Crippen LogP contribution in [0.3, 0.4) is 0 Å². The smallest absolute Gasteiger partial charge is 0.255 e. The average Bonchev–Trinajstić information content (AvgIpc) is 2.52. The van der Waals surface area contributed by atoms with Crippen molar-refractivity contribution in [2.45, 2.75) is 17.7 Å². The lowest BCUT2D eigenvalue weighted by molar-refractivity contribution is -0.125. The van der Waals surface area contributed by atoms with Crippen LogP contribution in [0.15, 0.2) is 29.2 Å². The molecule has 0 saturated carbocycles. The summed E-state index contributed by atoms with van der Waals surface area (Å²) < 4.78 is 23.6. The molecule has 1 N–H and O–H groups in total. The van der Waals surface area contributed by atoms with E-state index in [1.165, 1.54) is 12.1 Å². The minimum absolute atomic E-state index is 0.0105. The van der Waals surface area contributed by atoms with Gasteiger partial charge in [0, 0.05) is 32.3 Å². The number of nitrogens with zero attached hydrogens (tertiary/aromatic N) is 1. The Morgan fingerprint density at radius 2 is 1.77 bits per heavy atom. The number of amides is 2. The Balaban J connectivity index is 2.16. The predicted octanol–water partition coefficient (Wildman–Crippen LogP) is 0.688. The number of hydrogen-bond acceptors (Lipinski definition) is 4. The maximum absolute atomic E-state index is 12.6. The molecule has 1 saturated heterocycles. The molecule has 1 aliphatic rings. The van der Waals surface area contributed by atoms with Crippen LogP contribution in [0.5, 0.6) is 0 Å². The van der Waals surface area contributed by atoms with Crippen LogP contribution in [0.1, 0.15) is 23.2 Å². The summed E-state index contributed by atoms with van der Waals surface area (Å²) in [6.45, 7) is 0.907. The van der Waals surface area contributed by atoms with E-state index in [2.05, 4.69) is 5.32 Å². The van der Waals surface area contributed by atoms with Crippen LogP contribution in [0, 0.1) is 5.92 Å². The molecule has 0 spiro atoms. The summed E-state index contributed by atoms with van der Waals surface area (Å²) in [5, 5.41) is 2.62. The van der Waals surface area contributed by atoms with Gasteiger partial charge in [0.05, 0.1) is 10.5 Å². The first-order chi connectivity index (χ1) is 10.3. The minimum Gasteiger partial charge on any atom is -0.359 e. The molecule has 1 aromatic rings. The quantitative estimate of drug-likeness (QED) is 0.886. The number of rotatable bonds is 3. The Hall–Kier alpha value is -1.89. The van der Waals surface area contributed by atoms with Crippen LogP contribution in [0.2, 0.25) is 0 Å². The summed E-state index contributed by atoms with van der Waals surface area (Å²) in [6.07, 6.45) is 2.27. The number of likely N-dealkylation sites (tertiary alicyclic amines) is 1. The first kappa shape index (κ1) is 16.5. The molecular weight excluding hydrogens is 304 g/mol. The normalized spacial score (nSPS) is 16.4. The van der Waals surface area contributed by atoms with E-state index in [1.54, 1.807) is 24.1 Å². The molecule has 1 aromatic carbocycles. The van der Waals surface area contributed by atoms with Crippen molar-refractivity contribution in [1.29, 1.82) is 0 Å². The first-order valence-electron chi connectivity index (χ1n) is 7.14. The van der Waals surface area contributed by atoms with Gasteiger partial charge in [-0.15, -0.1) is 0 Å². The molecule has 22 heavy (non-hydrogen) atoms. The van der Waals surface area contributed by atoms with Gasteiger partial charge in [-0.3, -0.25) is 9.59 Å². The van der Waals surface area contributed by atoms with Gasteiger partial charge in [-0.1, -0.05) is 12.1 Å². The summed E-state index contributed by atoms with van der Waals surface area (Å²) in [4.78, 5) is 25.8. The lowest BCUT2D eigenvalue weighted by Gasteiger charge is -2.31. The lowest BCUT2D eigenvalue weighted by Crippen LogP contribution is -2.42. The van der Waals surface area contributed by atoms with E-state index in [-0.39, 0.29) is 28.2 Å². The van der Waals surface area contributed by atoms with Crippen LogP contribution in [0.4, 0.5) is 0 Å². The Kier molecular flexibility index (Phi) is 4.85. The number of nitrogens with one attached hydrogen (secondary N) is 1. The molecule has 0 unspecified atom stereocenters. The van der Waals surface area contributed by atoms with Gasteiger partial charge in [0.15, 0.2) is 9.84 Å². The third-order valence-electron chi connectivity index (χ3n) is 3.92. The van der Waals surface area contributed by atoms with E-state index in [0.717, 1.165) is 6.26 Å². The molecule has 2 amide bonds. The zero-order valence-electron chi connectivity index (χ0n) is 12.7. The predicted molar refractivity (Wildman–Crippen MR) is 82.2 cm³/mol. The second-order valence-corrected chi connectivity index (χ2v) is 7.43. The first-order valence-corrected chi connectivity index (χ1v) is 9.03. The molecule has 1 heterocycles. The highest BCUT2D eigenvalue weighted by Crippen LogP contribution is 2.22. The summed E-state index contributed by atoms with van der Waals surface area (Å²) in [5.74, 6) is -0.390. The van der Waals surface area contributed by atoms with Crippen LogP contribution < -0.4 is 5.32 Å². The van der Waals surface area contributed by atoms with Crippen molar-refractivity contribution in [2.75, 3.05) is 26.4 Å². The van der Waals surface area contributed by atoms with Gasteiger partial charge < -0.3 is 10.2 Å². The third kappa shape index (κ3) is 3.47. The number of benzene rings is 1. The van der Waals surface area contributed by atoms with E-state index >= 15 is 0 Å². The number of sulfone groups is 1. The highest BCUT2D eigenvalue weighted by molar-refractivity contribution is 7.90.